The number of rotatable bonds is 3. The molecule has 7 rings (SSSR count). The normalized spacial score (nSPS) is 57.8. The van der Waals surface area contributed by atoms with Gasteiger partial charge in [-0.1, -0.05) is 6.92 Å². The van der Waals surface area contributed by atoms with E-state index < -0.39 is 94.8 Å². The van der Waals surface area contributed by atoms with E-state index in [1.165, 1.54) is 13.0 Å². The van der Waals surface area contributed by atoms with Crippen molar-refractivity contribution in [2.24, 2.45) is 28.6 Å². The minimum Gasteiger partial charge on any atom is -0.461 e. The largest absolute Gasteiger partial charge is 0.461 e. The number of aliphatic hydroxyl groups is 6. The molecule has 12 heteroatoms. The van der Waals surface area contributed by atoms with Crippen LogP contribution in [0.4, 0.5) is 0 Å². The first-order valence-electron chi connectivity index (χ1n) is 14.8. The Bertz CT molecular complexity index is 1170. The molecule has 0 aromatic heterocycles. The van der Waals surface area contributed by atoms with E-state index in [0.717, 1.165) is 5.57 Å². The molecule has 6 fully saturated rings. The van der Waals surface area contributed by atoms with Gasteiger partial charge in [-0.25, -0.2) is 4.79 Å². The summed E-state index contributed by atoms with van der Waals surface area (Å²) in [5, 5.41) is 67.1. The van der Waals surface area contributed by atoms with Gasteiger partial charge in [0.2, 0.25) is 0 Å². The van der Waals surface area contributed by atoms with Crippen molar-refractivity contribution < 1.29 is 59.2 Å². The van der Waals surface area contributed by atoms with E-state index in [-0.39, 0.29) is 31.8 Å². The van der Waals surface area contributed by atoms with Gasteiger partial charge < -0.3 is 49.6 Å². The highest BCUT2D eigenvalue weighted by atomic mass is 16.7. The highest BCUT2D eigenvalue weighted by Crippen LogP contribution is 2.73. The molecule has 0 bridgehead atoms. The van der Waals surface area contributed by atoms with Gasteiger partial charge in [0.1, 0.15) is 36.4 Å². The fraction of sp³-hybridized carbons (Fsp3) is 0.862. The summed E-state index contributed by atoms with van der Waals surface area (Å²) in [6.07, 6.45) is -5.91. The van der Waals surface area contributed by atoms with Gasteiger partial charge in [0.25, 0.3) is 0 Å². The van der Waals surface area contributed by atoms with Crippen LogP contribution in [0.1, 0.15) is 58.8 Å². The van der Waals surface area contributed by atoms with Crippen LogP contribution >= 0.6 is 0 Å². The van der Waals surface area contributed by atoms with Crippen molar-refractivity contribution in [2.45, 2.75) is 119 Å². The maximum absolute atomic E-state index is 13.8. The van der Waals surface area contributed by atoms with E-state index >= 15 is 0 Å². The number of hydrogen-bond acceptors (Lipinski definition) is 12. The summed E-state index contributed by atoms with van der Waals surface area (Å²) < 4.78 is 22.7. The first-order chi connectivity index (χ1) is 19.3. The summed E-state index contributed by atoms with van der Waals surface area (Å²) >= 11 is 0. The third-order valence-electron chi connectivity index (χ3n) is 12.2. The van der Waals surface area contributed by atoms with E-state index in [1.807, 2.05) is 6.92 Å². The molecule has 12 nitrogen and oxygen atoms in total. The zero-order chi connectivity index (χ0) is 29.3. The SMILES string of the molecule is C[C@H]1O[C@H](O[C@@H]2C[C@H](O)[C@]34C(=O)O[C@@H]5C[C@]6(C)[C@H](C7=CC(=O)OC7)CC[C@]6(O)[C@H](CC[C@@]3(O)C2)[C@H]54)[C@@H](O)[C@@H](O)[C@H]1O. The third-order valence-corrected chi connectivity index (χ3v) is 12.2. The van der Waals surface area contributed by atoms with Crippen molar-refractivity contribution in [1.82, 2.24) is 0 Å². The molecule has 0 aromatic rings. The van der Waals surface area contributed by atoms with Crippen molar-refractivity contribution in [3.05, 3.63) is 11.6 Å². The Hall–Kier alpha value is -1.64. The van der Waals surface area contributed by atoms with Crippen LogP contribution in [-0.2, 0) is 28.5 Å². The molecular formula is C29H40O12. The molecule has 3 aliphatic heterocycles. The van der Waals surface area contributed by atoms with Gasteiger partial charge in [0.05, 0.1) is 29.5 Å². The Morgan fingerprint density at radius 2 is 1.76 bits per heavy atom. The lowest BCUT2D eigenvalue weighted by Gasteiger charge is -2.64. The maximum Gasteiger partial charge on any atom is 0.331 e. The van der Waals surface area contributed by atoms with E-state index in [0.29, 0.717) is 25.7 Å². The van der Waals surface area contributed by atoms with Crippen molar-refractivity contribution in [2.75, 3.05) is 6.61 Å². The molecule has 3 heterocycles. The minimum absolute atomic E-state index is 0.0423. The topological polar surface area (TPSA) is 192 Å². The van der Waals surface area contributed by atoms with Crippen molar-refractivity contribution in [3.63, 3.8) is 0 Å². The van der Waals surface area contributed by atoms with Crippen LogP contribution < -0.4 is 0 Å². The number of ether oxygens (including phenoxy) is 4. The predicted molar refractivity (Wildman–Crippen MR) is 135 cm³/mol. The van der Waals surface area contributed by atoms with Crippen molar-refractivity contribution in [3.8, 4) is 0 Å². The Morgan fingerprint density at radius 1 is 1.00 bits per heavy atom. The van der Waals surface area contributed by atoms with Crippen LogP contribution in [0, 0.1) is 28.6 Å². The second-order valence-corrected chi connectivity index (χ2v) is 13.9. The van der Waals surface area contributed by atoms with E-state index in [1.54, 1.807) is 0 Å². The number of hydrogen-bond donors (Lipinski definition) is 6. The van der Waals surface area contributed by atoms with Gasteiger partial charge in [-0.15, -0.1) is 0 Å². The molecule has 15 atom stereocenters. The summed E-state index contributed by atoms with van der Waals surface area (Å²) in [6.45, 7) is 3.71. The molecule has 1 spiro atoms. The Kier molecular flexibility index (Phi) is 6.14. The van der Waals surface area contributed by atoms with E-state index in [2.05, 4.69) is 0 Å². The lowest BCUT2D eigenvalue weighted by atomic mass is 9.41. The summed E-state index contributed by atoms with van der Waals surface area (Å²) in [6, 6.07) is 0. The van der Waals surface area contributed by atoms with Gasteiger partial charge in [0.15, 0.2) is 6.29 Å². The van der Waals surface area contributed by atoms with Gasteiger partial charge in [0, 0.05) is 30.3 Å². The number of carbonyl (C=O) groups excluding carboxylic acids is 2. The van der Waals surface area contributed by atoms with Crippen LogP contribution in [0.5, 0.6) is 0 Å². The summed E-state index contributed by atoms with van der Waals surface area (Å²) in [7, 11) is 0. The summed E-state index contributed by atoms with van der Waals surface area (Å²) in [4.78, 5) is 25.7. The average molecular weight is 581 g/mol. The zero-order valence-electron chi connectivity index (χ0n) is 23.2. The quantitative estimate of drug-likeness (QED) is 0.178. The van der Waals surface area contributed by atoms with Gasteiger partial charge in [-0.05, 0) is 56.4 Å². The molecule has 2 saturated heterocycles. The fourth-order valence-corrected chi connectivity index (χ4v) is 10.4. The predicted octanol–water partition coefficient (Wildman–Crippen LogP) is -0.943. The first-order valence-corrected chi connectivity index (χ1v) is 14.8. The molecule has 4 aliphatic carbocycles. The van der Waals surface area contributed by atoms with E-state index in [9.17, 15) is 40.2 Å². The number of carbonyl (C=O) groups is 2. The highest BCUT2D eigenvalue weighted by molar-refractivity contribution is 5.85. The monoisotopic (exact) mass is 580 g/mol. The maximum atomic E-state index is 13.8. The second-order valence-electron chi connectivity index (χ2n) is 13.9. The molecule has 7 aliphatic rings. The van der Waals surface area contributed by atoms with Crippen molar-refractivity contribution in [1.29, 1.82) is 0 Å². The summed E-state index contributed by atoms with van der Waals surface area (Å²) in [5.74, 6) is -2.23. The molecule has 0 radical (unpaired) electrons. The third kappa shape index (κ3) is 3.44. The Balaban J connectivity index is 1.19. The molecular weight excluding hydrogens is 540 g/mol. The van der Waals surface area contributed by atoms with E-state index in [4.69, 9.17) is 18.9 Å². The number of cyclic esters (lactones) is 1. The number of esters is 2. The highest BCUT2D eigenvalue weighted by Gasteiger charge is 2.81. The fourth-order valence-electron chi connectivity index (χ4n) is 10.4. The molecule has 0 unspecified atom stereocenters. The Morgan fingerprint density at radius 3 is 2.46 bits per heavy atom. The van der Waals surface area contributed by atoms with Crippen LogP contribution in [0.25, 0.3) is 0 Å². The number of aliphatic hydroxyl groups excluding tert-OH is 4. The van der Waals surface area contributed by atoms with Crippen LogP contribution in [0.15, 0.2) is 11.6 Å². The molecule has 41 heavy (non-hydrogen) atoms. The lowest BCUT2D eigenvalue weighted by molar-refractivity contribution is -0.324. The number of fused-ring (bicyclic) bond motifs is 2. The molecule has 0 aromatic carbocycles. The minimum atomic E-state index is -1.71. The standard InChI is InChI=1S/C29H40O12/c1-12-21(32)22(33)23(34)24(39-12)40-14-8-18(30)29-20-16(3-5-27(29,36)9-14)28(37)6-4-15(13-7-19(31)38-11-13)26(28,2)10-17(20)41-25(29)35/h7,12,14-18,20-24,30,32-34,36-37H,3-6,8-11H2,1-2H3/t12-,14-,15+,16-,17-,18+,20-,21+,22+,23+,24-,26-,27-,28+,29+/m1/s1. The second kappa shape index (κ2) is 8.95. The van der Waals surface area contributed by atoms with Crippen LogP contribution in [0.2, 0.25) is 0 Å². The lowest BCUT2D eigenvalue weighted by Crippen LogP contribution is -2.73. The molecule has 4 saturated carbocycles. The smallest absolute Gasteiger partial charge is 0.331 e. The zero-order valence-corrected chi connectivity index (χ0v) is 23.2. The molecule has 0 amide bonds. The first kappa shape index (κ1) is 28.1. The van der Waals surface area contributed by atoms with Gasteiger partial charge >= 0.3 is 11.9 Å². The molecule has 228 valence electrons. The van der Waals surface area contributed by atoms with Crippen LogP contribution in [0.3, 0.4) is 0 Å². The average Bonchev–Trinajstić information content (AvgIpc) is 3.54. The van der Waals surface area contributed by atoms with Crippen LogP contribution in [-0.4, -0.2) is 109 Å². The van der Waals surface area contributed by atoms with Crippen molar-refractivity contribution >= 4 is 11.9 Å². The Labute approximate surface area is 237 Å². The molecule has 6 N–H and O–H groups in total. The van der Waals surface area contributed by atoms with Gasteiger partial charge in [-0.3, -0.25) is 4.79 Å². The van der Waals surface area contributed by atoms with Gasteiger partial charge in [-0.2, -0.15) is 0 Å². The summed E-state index contributed by atoms with van der Waals surface area (Å²) in [5.41, 5.74) is -4.41.